The first-order valence-corrected chi connectivity index (χ1v) is 11.5. The van der Waals surface area contributed by atoms with Crippen LogP contribution in [-0.4, -0.2) is 39.8 Å². The minimum atomic E-state index is -0.270. The lowest BCUT2D eigenvalue weighted by molar-refractivity contribution is -0.136. The number of anilines is 1. The maximum Gasteiger partial charge on any atom is 0.232 e. The second-order valence-corrected chi connectivity index (χ2v) is 9.26. The quantitative estimate of drug-likeness (QED) is 0.679. The second kappa shape index (κ2) is 9.35. The Bertz CT molecular complexity index is 1010. The van der Waals surface area contributed by atoms with E-state index in [1.165, 1.54) is 12.1 Å². The molecule has 1 fully saturated rings. The third-order valence-electron chi connectivity index (χ3n) is 6.34. The third kappa shape index (κ3) is 4.66. The Hall–Kier alpha value is -2.83. The number of likely N-dealkylation sites (tertiary alicyclic amines) is 1. The number of aryl methyl sites for hydroxylation is 1. The van der Waals surface area contributed by atoms with E-state index in [0.29, 0.717) is 43.4 Å². The molecule has 2 amide bonds. The Morgan fingerprint density at radius 1 is 1.19 bits per heavy atom. The van der Waals surface area contributed by atoms with Crippen molar-refractivity contribution in [3.8, 4) is 0 Å². The van der Waals surface area contributed by atoms with E-state index in [2.05, 4.69) is 13.8 Å². The van der Waals surface area contributed by atoms with Crippen LogP contribution in [0.3, 0.4) is 0 Å². The highest BCUT2D eigenvalue weighted by atomic mass is 19.1. The number of halogens is 1. The number of aromatic nitrogens is 2. The average Bonchev–Trinajstić information content (AvgIpc) is 3.08. The summed E-state index contributed by atoms with van der Waals surface area (Å²) >= 11 is 0. The number of carbonyl (C=O) groups excluding carboxylic acids is 2. The van der Waals surface area contributed by atoms with Crippen molar-refractivity contribution < 1.29 is 14.0 Å². The molecule has 2 aliphatic heterocycles. The molecule has 1 unspecified atom stereocenters. The van der Waals surface area contributed by atoms with Crippen molar-refractivity contribution in [2.45, 2.75) is 65.3 Å². The molecule has 1 aromatic heterocycles. The summed E-state index contributed by atoms with van der Waals surface area (Å²) in [6.07, 6.45) is 4.29. The number of fused-ring (bicyclic) bond motifs is 1. The Kier molecular flexibility index (Phi) is 6.53. The fourth-order valence-corrected chi connectivity index (χ4v) is 4.63. The summed E-state index contributed by atoms with van der Waals surface area (Å²) in [6.45, 7) is 7.23. The van der Waals surface area contributed by atoms with E-state index in [9.17, 15) is 14.0 Å². The molecule has 6 nitrogen and oxygen atoms in total. The van der Waals surface area contributed by atoms with Crippen LogP contribution in [0.1, 0.15) is 68.2 Å². The molecule has 7 heteroatoms. The van der Waals surface area contributed by atoms with Gasteiger partial charge in [-0.1, -0.05) is 26.0 Å². The minimum Gasteiger partial charge on any atom is -0.332 e. The van der Waals surface area contributed by atoms with Crippen LogP contribution in [0, 0.1) is 18.7 Å². The molecule has 0 bridgehead atoms. The van der Waals surface area contributed by atoms with Gasteiger partial charge in [0.2, 0.25) is 11.8 Å². The molecule has 2 aromatic rings. The zero-order chi connectivity index (χ0) is 22.8. The lowest BCUT2D eigenvalue weighted by Gasteiger charge is -2.35. The van der Waals surface area contributed by atoms with Gasteiger partial charge in [0.25, 0.3) is 0 Å². The molecular formula is C25H31FN4O2. The predicted molar refractivity (Wildman–Crippen MR) is 121 cm³/mol. The Morgan fingerprint density at radius 2 is 1.94 bits per heavy atom. The predicted octanol–water partition coefficient (Wildman–Crippen LogP) is 4.16. The van der Waals surface area contributed by atoms with Crippen molar-refractivity contribution in [3.63, 3.8) is 0 Å². The summed E-state index contributed by atoms with van der Waals surface area (Å²) in [7, 11) is 0. The van der Waals surface area contributed by atoms with Crippen LogP contribution in [0.25, 0.3) is 0 Å². The van der Waals surface area contributed by atoms with Crippen molar-refractivity contribution in [1.82, 2.24) is 14.9 Å². The molecule has 0 aliphatic carbocycles. The molecule has 3 heterocycles. The van der Waals surface area contributed by atoms with Crippen LogP contribution in [0.2, 0.25) is 0 Å². The highest BCUT2D eigenvalue weighted by Gasteiger charge is 2.35. The van der Waals surface area contributed by atoms with Gasteiger partial charge in [-0.15, -0.1) is 0 Å². The van der Waals surface area contributed by atoms with Gasteiger partial charge < -0.3 is 4.90 Å². The number of hydrogen-bond donors (Lipinski definition) is 0. The molecule has 0 radical (unpaired) electrons. The van der Waals surface area contributed by atoms with Gasteiger partial charge in [0.15, 0.2) is 5.82 Å². The van der Waals surface area contributed by atoms with E-state index in [-0.39, 0.29) is 23.7 Å². The lowest BCUT2D eigenvalue weighted by atomic mass is 9.99. The van der Waals surface area contributed by atoms with E-state index < -0.39 is 0 Å². The molecular weight excluding hydrogens is 407 g/mol. The van der Waals surface area contributed by atoms with Crippen molar-refractivity contribution >= 4 is 17.6 Å². The van der Waals surface area contributed by atoms with Crippen LogP contribution < -0.4 is 4.90 Å². The SMILES string of the molecule is Cc1nc(C2CCCCN2C(=O)CC(C)C)nc2c1CC(=O)N2CCc1ccc(F)cc1. The van der Waals surface area contributed by atoms with Gasteiger partial charge in [-0.2, -0.15) is 0 Å². The Morgan fingerprint density at radius 3 is 2.66 bits per heavy atom. The molecule has 1 saturated heterocycles. The fourth-order valence-electron chi connectivity index (χ4n) is 4.63. The normalized spacial score (nSPS) is 18.4. The number of amides is 2. The number of nitrogens with zero attached hydrogens (tertiary/aromatic N) is 4. The van der Waals surface area contributed by atoms with Crippen molar-refractivity contribution in [3.05, 3.63) is 52.7 Å². The molecule has 1 aromatic carbocycles. The van der Waals surface area contributed by atoms with Crippen LogP contribution >= 0.6 is 0 Å². The van der Waals surface area contributed by atoms with Crippen LogP contribution in [0.4, 0.5) is 10.2 Å². The van der Waals surface area contributed by atoms with E-state index >= 15 is 0 Å². The number of benzene rings is 1. The summed E-state index contributed by atoms with van der Waals surface area (Å²) in [5, 5.41) is 0. The summed E-state index contributed by atoms with van der Waals surface area (Å²) in [5.74, 6) is 1.49. The van der Waals surface area contributed by atoms with Crippen molar-refractivity contribution in [2.75, 3.05) is 18.0 Å². The minimum absolute atomic E-state index is 0.00745. The zero-order valence-electron chi connectivity index (χ0n) is 19.1. The van der Waals surface area contributed by atoms with Crippen LogP contribution in [-0.2, 0) is 22.4 Å². The third-order valence-corrected chi connectivity index (χ3v) is 6.34. The van der Waals surface area contributed by atoms with Gasteiger partial charge in [-0.05, 0) is 56.2 Å². The summed E-state index contributed by atoms with van der Waals surface area (Å²) in [6, 6.07) is 6.21. The van der Waals surface area contributed by atoms with Gasteiger partial charge in [0.1, 0.15) is 11.6 Å². The summed E-state index contributed by atoms with van der Waals surface area (Å²) < 4.78 is 13.2. The first-order chi connectivity index (χ1) is 15.3. The number of carbonyl (C=O) groups is 2. The molecule has 4 rings (SSSR count). The van der Waals surface area contributed by atoms with E-state index in [1.807, 2.05) is 11.8 Å². The van der Waals surface area contributed by atoms with Gasteiger partial charge in [0, 0.05) is 30.8 Å². The van der Waals surface area contributed by atoms with Gasteiger partial charge >= 0.3 is 0 Å². The lowest BCUT2D eigenvalue weighted by Crippen LogP contribution is -2.40. The second-order valence-electron chi connectivity index (χ2n) is 9.26. The molecule has 32 heavy (non-hydrogen) atoms. The molecule has 170 valence electrons. The largest absolute Gasteiger partial charge is 0.332 e. The van der Waals surface area contributed by atoms with Crippen molar-refractivity contribution in [2.24, 2.45) is 5.92 Å². The standard InChI is InChI=1S/C25H31FN4O2/c1-16(2)14-22(31)29-12-5-4-6-21(29)24-27-17(3)20-15-23(32)30(25(20)28-24)13-11-18-7-9-19(26)10-8-18/h7-10,16,21H,4-6,11-15H2,1-3H3. The first-order valence-electron chi connectivity index (χ1n) is 11.5. The molecule has 0 spiro atoms. The van der Waals surface area contributed by atoms with Gasteiger partial charge in [-0.3, -0.25) is 14.5 Å². The van der Waals surface area contributed by atoms with E-state index in [4.69, 9.17) is 9.97 Å². The Balaban J connectivity index is 1.59. The molecule has 1 atom stereocenters. The molecule has 0 saturated carbocycles. The van der Waals surface area contributed by atoms with Crippen molar-refractivity contribution in [1.29, 1.82) is 0 Å². The van der Waals surface area contributed by atoms with E-state index in [1.54, 1.807) is 17.0 Å². The topological polar surface area (TPSA) is 66.4 Å². The summed E-state index contributed by atoms with van der Waals surface area (Å²) in [5.41, 5.74) is 2.65. The smallest absolute Gasteiger partial charge is 0.232 e. The van der Waals surface area contributed by atoms with Gasteiger partial charge in [0.05, 0.1) is 12.5 Å². The maximum atomic E-state index is 13.2. The zero-order valence-corrected chi connectivity index (χ0v) is 19.1. The maximum absolute atomic E-state index is 13.2. The first kappa shape index (κ1) is 22.4. The van der Waals surface area contributed by atoms with Crippen LogP contribution in [0.15, 0.2) is 24.3 Å². The molecule has 0 N–H and O–H groups in total. The van der Waals surface area contributed by atoms with Gasteiger partial charge in [-0.25, -0.2) is 14.4 Å². The van der Waals surface area contributed by atoms with E-state index in [0.717, 1.165) is 42.6 Å². The Labute approximate surface area is 188 Å². The number of hydrogen-bond acceptors (Lipinski definition) is 4. The number of rotatable bonds is 6. The summed E-state index contributed by atoms with van der Waals surface area (Å²) in [4.78, 5) is 38.9. The fraction of sp³-hybridized carbons (Fsp3) is 0.520. The number of piperidine rings is 1. The highest BCUT2D eigenvalue weighted by molar-refractivity contribution is 6.00. The molecule has 2 aliphatic rings. The average molecular weight is 439 g/mol. The monoisotopic (exact) mass is 438 g/mol. The van der Waals surface area contributed by atoms with Crippen LogP contribution in [0.5, 0.6) is 0 Å². The highest BCUT2D eigenvalue weighted by Crippen LogP contribution is 2.35.